The van der Waals surface area contributed by atoms with Crippen LogP contribution in [0.25, 0.3) is 0 Å². The molecule has 0 aromatic carbocycles. The number of hydrogen-bond acceptors (Lipinski definition) is 5. The van der Waals surface area contributed by atoms with Gasteiger partial charge in [-0.15, -0.1) is 0 Å². The van der Waals surface area contributed by atoms with Crippen molar-refractivity contribution in [2.75, 3.05) is 6.26 Å². The van der Waals surface area contributed by atoms with Crippen LogP contribution in [0.5, 0.6) is 0 Å². The lowest BCUT2D eigenvalue weighted by Gasteiger charge is -1.95. The lowest BCUT2D eigenvalue weighted by atomic mass is 10.3. The van der Waals surface area contributed by atoms with E-state index in [4.69, 9.17) is 9.63 Å². The minimum Gasteiger partial charge on any atom is -0.393 e. The minimum absolute atomic E-state index is 0.424. The highest BCUT2D eigenvalue weighted by molar-refractivity contribution is 7.97. The van der Waals surface area contributed by atoms with Gasteiger partial charge in [-0.3, -0.25) is 0 Å². The fourth-order valence-corrected chi connectivity index (χ4v) is 1.19. The molecule has 5 heteroatoms. The molecule has 0 bridgehead atoms. The molecule has 1 N–H and O–H groups in total. The second kappa shape index (κ2) is 4.47. The van der Waals surface area contributed by atoms with E-state index < -0.39 is 6.10 Å². The third kappa shape index (κ3) is 2.83. The van der Waals surface area contributed by atoms with Crippen LogP contribution in [-0.4, -0.2) is 27.6 Å². The summed E-state index contributed by atoms with van der Waals surface area (Å²) in [4.78, 5) is 4.08. The third-order valence-electron chi connectivity index (χ3n) is 1.25. The van der Waals surface area contributed by atoms with Crippen molar-refractivity contribution in [2.24, 2.45) is 0 Å². The number of aliphatic hydroxyl groups is 1. The molecule has 1 rings (SSSR count). The summed E-state index contributed by atoms with van der Waals surface area (Å²) in [6.45, 7) is 1.69. The highest BCUT2D eigenvalue weighted by Crippen LogP contribution is 2.06. The van der Waals surface area contributed by atoms with Crippen LogP contribution < -0.4 is 0 Å². The monoisotopic (exact) mass is 188 g/mol. The summed E-state index contributed by atoms with van der Waals surface area (Å²) >= 11 is 1.64. The van der Waals surface area contributed by atoms with Crippen molar-refractivity contribution in [2.45, 2.75) is 25.2 Å². The number of rotatable bonds is 4. The van der Waals surface area contributed by atoms with Crippen molar-refractivity contribution in [1.29, 1.82) is 0 Å². The first-order valence-corrected chi connectivity index (χ1v) is 5.10. The van der Waals surface area contributed by atoms with Crippen LogP contribution in [0.15, 0.2) is 4.52 Å². The van der Waals surface area contributed by atoms with Crippen molar-refractivity contribution < 1.29 is 9.63 Å². The van der Waals surface area contributed by atoms with Crippen molar-refractivity contribution in [3.8, 4) is 0 Å². The van der Waals surface area contributed by atoms with Gasteiger partial charge >= 0.3 is 0 Å². The first-order chi connectivity index (χ1) is 5.72. The van der Waals surface area contributed by atoms with E-state index in [2.05, 4.69) is 10.1 Å². The predicted molar refractivity (Wildman–Crippen MR) is 46.9 cm³/mol. The van der Waals surface area contributed by atoms with Gasteiger partial charge in [0, 0.05) is 0 Å². The zero-order valence-electron chi connectivity index (χ0n) is 7.15. The van der Waals surface area contributed by atoms with Crippen LogP contribution in [0.2, 0.25) is 0 Å². The van der Waals surface area contributed by atoms with Gasteiger partial charge < -0.3 is 9.63 Å². The summed E-state index contributed by atoms with van der Waals surface area (Å²) < 4.78 is 4.89. The quantitative estimate of drug-likeness (QED) is 0.759. The third-order valence-corrected chi connectivity index (χ3v) is 1.80. The van der Waals surface area contributed by atoms with E-state index in [0.29, 0.717) is 18.1 Å². The second-order valence-electron chi connectivity index (χ2n) is 2.59. The normalized spacial score (nSPS) is 13.2. The van der Waals surface area contributed by atoms with Gasteiger partial charge in [0.05, 0.1) is 18.3 Å². The Kier molecular flexibility index (Phi) is 3.55. The maximum Gasteiger partial charge on any atom is 0.229 e. The lowest BCUT2D eigenvalue weighted by molar-refractivity contribution is 0.181. The maximum atomic E-state index is 9.01. The van der Waals surface area contributed by atoms with Crippen LogP contribution in [-0.2, 0) is 12.2 Å². The Morgan fingerprint density at radius 2 is 2.42 bits per heavy atom. The predicted octanol–water partition coefficient (Wildman–Crippen LogP) is 0.856. The van der Waals surface area contributed by atoms with Gasteiger partial charge in [0.2, 0.25) is 5.89 Å². The molecule has 68 valence electrons. The summed E-state index contributed by atoms with van der Waals surface area (Å²) in [5.41, 5.74) is 0. The molecule has 1 aromatic rings. The molecule has 1 heterocycles. The van der Waals surface area contributed by atoms with Crippen LogP contribution >= 0.6 is 11.8 Å². The van der Waals surface area contributed by atoms with Gasteiger partial charge in [0.15, 0.2) is 5.82 Å². The van der Waals surface area contributed by atoms with E-state index >= 15 is 0 Å². The molecular weight excluding hydrogens is 176 g/mol. The first kappa shape index (κ1) is 9.54. The molecule has 1 aromatic heterocycles. The molecule has 0 aliphatic rings. The average Bonchev–Trinajstić information content (AvgIpc) is 2.36. The zero-order chi connectivity index (χ0) is 8.97. The van der Waals surface area contributed by atoms with Gasteiger partial charge in [-0.05, 0) is 13.2 Å². The standard InChI is InChI=1S/C7H12N2O2S/c1-5(10)3-7-8-6(4-12-2)9-11-7/h5,10H,3-4H2,1-2H3. The number of aliphatic hydroxyl groups excluding tert-OH is 1. The average molecular weight is 188 g/mol. The Balaban J connectivity index is 2.52. The second-order valence-corrected chi connectivity index (χ2v) is 3.46. The molecule has 1 unspecified atom stereocenters. The van der Waals surface area contributed by atoms with Crippen molar-refractivity contribution in [1.82, 2.24) is 10.1 Å². The van der Waals surface area contributed by atoms with Gasteiger partial charge in [-0.25, -0.2) is 0 Å². The Bertz CT molecular complexity index is 237. The van der Waals surface area contributed by atoms with E-state index in [-0.39, 0.29) is 0 Å². The maximum absolute atomic E-state index is 9.01. The van der Waals surface area contributed by atoms with Gasteiger partial charge in [-0.2, -0.15) is 16.7 Å². The molecule has 0 aliphatic heterocycles. The number of hydrogen-bond donors (Lipinski definition) is 1. The molecule has 12 heavy (non-hydrogen) atoms. The Morgan fingerprint density at radius 3 is 3.00 bits per heavy atom. The Morgan fingerprint density at radius 1 is 1.67 bits per heavy atom. The van der Waals surface area contributed by atoms with Gasteiger partial charge in [-0.1, -0.05) is 5.16 Å². The molecular formula is C7H12N2O2S. The van der Waals surface area contributed by atoms with Gasteiger partial charge in [0.1, 0.15) is 0 Å². The Hall–Kier alpha value is -0.550. The lowest BCUT2D eigenvalue weighted by Crippen LogP contribution is -2.04. The van der Waals surface area contributed by atoms with Crippen LogP contribution in [0.3, 0.4) is 0 Å². The summed E-state index contributed by atoms with van der Waals surface area (Å²) in [7, 11) is 0. The molecule has 4 nitrogen and oxygen atoms in total. The van der Waals surface area contributed by atoms with Crippen LogP contribution in [0.1, 0.15) is 18.6 Å². The largest absolute Gasteiger partial charge is 0.393 e. The molecule has 0 amide bonds. The number of aromatic nitrogens is 2. The van der Waals surface area contributed by atoms with Crippen LogP contribution in [0.4, 0.5) is 0 Å². The topological polar surface area (TPSA) is 59.2 Å². The summed E-state index contributed by atoms with van der Waals surface area (Å²) in [5, 5.41) is 12.8. The molecule has 0 radical (unpaired) electrons. The number of thioether (sulfide) groups is 1. The van der Waals surface area contributed by atoms with Crippen LogP contribution in [0, 0.1) is 0 Å². The minimum atomic E-state index is -0.424. The molecule has 0 aliphatic carbocycles. The van der Waals surface area contributed by atoms with Crippen molar-refractivity contribution >= 4 is 11.8 Å². The molecule has 0 saturated carbocycles. The van der Waals surface area contributed by atoms with E-state index in [1.54, 1.807) is 18.7 Å². The summed E-state index contributed by atoms with van der Waals surface area (Å²) in [6.07, 6.45) is 1.99. The summed E-state index contributed by atoms with van der Waals surface area (Å²) in [5.74, 6) is 1.95. The first-order valence-electron chi connectivity index (χ1n) is 3.71. The van der Waals surface area contributed by atoms with E-state index in [9.17, 15) is 0 Å². The van der Waals surface area contributed by atoms with Gasteiger partial charge in [0.25, 0.3) is 0 Å². The number of nitrogens with zero attached hydrogens (tertiary/aromatic N) is 2. The van der Waals surface area contributed by atoms with E-state index in [1.807, 2.05) is 6.26 Å². The SMILES string of the molecule is CSCc1noc(CC(C)O)n1. The van der Waals surface area contributed by atoms with Crippen molar-refractivity contribution in [3.05, 3.63) is 11.7 Å². The zero-order valence-corrected chi connectivity index (χ0v) is 7.97. The molecule has 0 saturated heterocycles. The molecule has 0 fully saturated rings. The van der Waals surface area contributed by atoms with Crippen molar-refractivity contribution in [3.63, 3.8) is 0 Å². The summed E-state index contributed by atoms with van der Waals surface area (Å²) in [6, 6.07) is 0. The van der Waals surface area contributed by atoms with E-state index in [1.165, 1.54) is 0 Å². The molecule has 0 spiro atoms. The molecule has 1 atom stereocenters. The fourth-order valence-electron chi connectivity index (χ4n) is 0.813. The highest BCUT2D eigenvalue weighted by atomic mass is 32.2. The fraction of sp³-hybridized carbons (Fsp3) is 0.714. The smallest absolute Gasteiger partial charge is 0.229 e. The van der Waals surface area contributed by atoms with E-state index in [0.717, 1.165) is 5.75 Å². The Labute approximate surface area is 75.4 Å². The highest BCUT2D eigenvalue weighted by Gasteiger charge is 2.07.